The molecule has 1 saturated heterocycles. The van der Waals surface area contributed by atoms with Crippen molar-refractivity contribution in [1.29, 1.82) is 0 Å². The van der Waals surface area contributed by atoms with Crippen molar-refractivity contribution in [2.45, 2.75) is 6.92 Å². The number of nitrogens with zero attached hydrogens (tertiary/aromatic N) is 5. The van der Waals surface area contributed by atoms with E-state index in [4.69, 9.17) is 16.3 Å². The van der Waals surface area contributed by atoms with Crippen LogP contribution in [0.3, 0.4) is 0 Å². The molecule has 9 nitrogen and oxygen atoms in total. The second-order valence-corrected chi connectivity index (χ2v) is 7.98. The van der Waals surface area contributed by atoms with Crippen LogP contribution < -0.4 is 15.5 Å². The first-order valence-corrected chi connectivity index (χ1v) is 11.0. The molecule has 4 aromatic rings. The summed E-state index contributed by atoms with van der Waals surface area (Å²) in [6.45, 7) is 5.17. The lowest BCUT2D eigenvalue weighted by Gasteiger charge is -2.28. The molecule has 3 N–H and O–H groups in total. The topological polar surface area (TPSA) is 104 Å². The van der Waals surface area contributed by atoms with Gasteiger partial charge in [-0.25, -0.2) is 9.97 Å². The molecular formula is C23H23ClN8O. The molecule has 1 fully saturated rings. The SMILES string of the molecule is Cc1nc(-c2ccccc2Nc2nc(Nc3ccc(N4CCOCC4)cc3)ncc2Cl)n[nH]1. The maximum absolute atomic E-state index is 6.39. The van der Waals surface area contributed by atoms with Crippen LogP contribution in [-0.4, -0.2) is 51.5 Å². The predicted molar refractivity (Wildman–Crippen MR) is 130 cm³/mol. The fourth-order valence-corrected chi connectivity index (χ4v) is 3.74. The molecule has 0 aliphatic carbocycles. The summed E-state index contributed by atoms with van der Waals surface area (Å²) < 4.78 is 5.43. The zero-order chi connectivity index (χ0) is 22.6. The van der Waals surface area contributed by atoms with E-state index < -0.39 is 0 Å². The largest absolute Gasteiger partial charge is 0.378 e. The van der Waals surface area contributed by atoms with E-state index in [1.165, 1.54) is 5.69 Å². The third kappa shape index (κ3) is 4.89. The molecule has 0 radical (unpaired) electrons. The van der Waals surface area contributed by atoms with Gasteiger partial charge in [-0.1, -0.05) is 23.7 Å². The number of rotatable bonds is 6. The summed E-state index contributed by atoms with van der Waals surface area (Å²) in [6, 6.07) is 15.9. The summed E-state index contributed by atoms with van der Waals surface area (Å²) in [5, 5.41) is 14.1. The number of hydrogen-bond acceptors (Lipinski definition) is 8. The molecule has 168 valence electrons. The third-order valence-electron chi connectivity index (χ3n) is 5.26. The fourth-order valence-electron chi connectivity index (χ4n) is 3.60. The number of nitrogens with one attached hydrogen (secondary N) is 3. The Bertz CT molecular complexity index is 1240. The van der Waals surface area contributed by atoms with Crippen LogP contribution in [0.2, 0.25) is 5.02 Å². The normalized spacial score (nSPS) is 13.7. The highest BCUT2D eigenvalue weighted by Gasteiger charge is 2.14. The van der Waals surface area contributed by atoms with Gasteiger partial charge >= 0.3 is 0 Å². The van der Waals surface area contributed by atoms with E-state index in [1.54, 1.807) is 6.20 Å². The molecule has 10 heteroatoms. The van der Waals surface area contributed by atoms with Crippen LogP contribution in [0, 0.1) is 6.92 Å². The highest BCUT2D eigenvalue weighted by molar-refractivity contribution is 6.33. The van der Waals surface area contributed by atoms with Gasteiger partial charge in [-0.05, 0) is 43.3 Å². The van der Waals surface area contributed by atoms with Crippen molar-refractivity contribution in [2.24, 2.45) is 0 Å². The van der Waals surface area contributed by atoms with Crippen molar-refractivity contribution in [3.05, 3.63) is 65.6 Å². The van der Waals surface area contributed by atoms with Gasteiger partial charge in [-0.3, -0.25) is 5.10 Å². The second kappa shape index (κ2) is 9.43. The predicted octanol–water partition coefficient (Wildman–Crippen LogP) is 4.55. The number of anilines is 5. The second-order valence-electron chi connectivity index (χ2n) is 7.58. The zero-order valence-electron chi connectivity index (χ0n) is 18.0. The van der Waals surface area contributed by atoms with Gasteiger partial charge in [0.1, 0.15) is 10.8 Å². The minimum absolute atomic E-state index is 0.407. The first-order valence-electron chi connectivity index (χ1n) is 10.6. The minimum atomic E-state index is 0.407. The van der Waals surface area contributed by atoms with Gasteiger partial charge < -0.3 is 20.3 Å². The van der Waals surface area contributed by atoms with Gasteiger partial charge in [0.25, 0.3) is 0 Å². The van der Waals surface area contributed by atoms with Crippen molar-refractivity contribution >= 4 is 40.4 Å². The number of hydrogen-bond donors (Lipinski definition) is 3. The molecule has 1 aliphatic heterocycles. The lowest BCUT2D eigenvalue weighted by Crippen LogP contribution is -2.36. The Kier molecular flexibility index (Phi) is 6.05. The summed E-state index contributed by atoms with van der Waals surface area (Å²) >= 11 is 6.39. The minimum Gasteiger partial charge on any atom is -0.378 e. The number of H-pyrrole nitrogens is 1. The van der Waals surface area contributed by atoms with Crippen molar-refractivity contribution in [3.63, 3.8) is 0 Å². The quantitative estimate of drug-likeness (QED) is 0.383. The van der Waals surface area contributed by atoms with Crippen LogP contribution in [0.25, 0.3) is 11.4 Å². The van der Waals surface area contributed by atoms with Crippen molar-refractivity contribution in [3.8, 4) is 11.4 Å². The highest BCUT2D eigenvalue weighted by Crippen LogP contribution is 2.31. The summed E-state index contributed by atoms with van der Waals surface area (Å²) in [7, 11) is 0. The van der Waals surface area contributed by atoms with Crippen LogP contribution in [0.4, 0.5) is 28.8 Å². The van der Waals surface area contributed by atoms with Crippen molar-refractivity contribution in [1.82, 2.24) is 25.1 Å². The molecule has 0 spiro atoms. The monoisotopic (exact) mass is 462 g/mol. The summed E-state index contributed by atoms with van der Waals surface area (Å²) in [4.78, 5) is 15.6. The lowest BCUT2D eigenvalue weighted by molar-refractivity contribution is 0.122. The standard InChI is InChI=1S/C23H23ClN8O/c1-15-26-21(31-30-15)18-4-2-3-5-20(18)28-22-19(24)14-25-23(29-22)27-16-6-8-17(9-7-16)32-10-12-33-13-11-32/h2-9,14H,10-13H2,1H3,(H,26,30,31)(H2,25,27,28,29). The number of para-hydroxylation sites is 1. The Hall–Kier alpha value is -3.69. The molecule has 0 bridgehead atoms. The van der Waals surface area contributed by atoms with Crippen molar-refractivity contribution in [2.75, 3.05) is 41.8 Å². The zero-order valence-corrected chi connectivity index (χ0v) is 18.8. The number of ether oxygens (including phenoxy) is 1. The molecule has 0 unspecified atom stereocenters. The number of aromatic amines is 1. The van der Waals surface area contributed by atoms with E-state index in [-0.39, 0.29) is 0 Å². The maximum Gasteiger partial charge on any atom is 0.229 e. The molecule has 0 amide bonds. The van der Waals surface area contributed by atoms with Crippen LogP contribution in [0.5, 0.6) is 0 Å². The van der Waals surface area contributed by atoms with E-state index in [0.717, 1.165) is 49.1 Å². The highest BCUT2D eigenvalue weighted by atomic mass is 35.5. The first kappa shape index (κ1) is 21.2. The Morgan fingerprint density at radius 1 is 1.00 bits per heavy atom. The van der Waals surface area contributed by atoms with Crippen molar-refractivity contribution < 1.29 is 4.74 Å². The van der Waals surface area contributed by atoms with Gasteiger partial charge in [0.2, 0.25) is 5.95 Å². The van der Waals surface area contributed by atoms with Gasteiger partial charge in [0, 0.05) is 30.0 Å². The number of halogens is 1. The van der Waals surface area contributed by atoms with E-state index in [2.05, 4.69) is 52.8 Å². The van der Waals surface area contributed by atoms with Crippen LogP contribution in [0.1, 0.15) is 5.82 Å². The first-order chi connectivity index (χ1) is 16.2. The van der Waals surface area contributed by atoms with E-state index >= 15 is 0 Å². The molecule has 2 aromatic heterocycles. The van der Waals surface area contributed by atoms with Gasteiger partial charge in [0.15, 0.2) is 11.6 Å². The van der Waals surface area contributed by atoms with Crippen LogP contribution >= 0.6 is 11.6 Å². The Balaban J connectivity index is 1.34. The summed E-state index contributed by atoms with van der Waals surface area (Å²) in [5.74, 6) is 2.26. The third-order valence-corrected chi connectivity index (χ3v) is 5.54. The van der Waals surface area contributed by atoms with Gasteiger partial charge in [-0.15, -0.1) is 0 Å². The van der Waals surface area contributed by atoms with E-state index in [0.29, 0.717) is 22.6 Å². The summed E-state index contributed by atoms with van der Waals surface area (Å²) in [5.41, 5.74) is 3.68. The molecule has 1 aliphatic rings. The Morgan fingerprint density at radius 3 is 2.55 bits per heavy atom. The molecule has 5 rings (SSSR count). The number of benzene rings is 2. The number of aryl methyl sites for hydroxylation is 1. The van der Waals surface area contributed by atoms with Gasteiger partial charge in [-0.2, -0.15) is 10.1 Å². The molecular weight excluding hydrogens is 440 g/mol. The van der Waals surface area contributed by atoms with Crippen LogP contribution in [-0.2, 0) is 4.74 Å². The molecule has 33 heavy (non-hydrogen) atoms. The number of aromatic nitrogens is 5. The maximum atomic E-state index is 6.39. The average Bonchev–Trinajstić information content (AvgIpc) is 3.29. The number of morpholine rings is 1. The van der Waals surface area contributed by atoms with Gasteiger partial charge in [0.05, 0.1) is 25.1 Å². The van der Waals surface area contributed by atoms with E-state index in [1.807, 2.05) is 43.3 Å². The smallest absolute Gasteiger partial charge is 0.229 e. The van der Waals surface area contributed by atoms with Crippen LogP contribution in [0.15, 0.2) is 54.7 Å². The lowest BCUT2D eigenvalue weighted by atomic mass is 10.1. The average molecular weight is 463 g/mol. The molecule has 0 saturated carbocycles. The summed E-state index contributed by atoms with van der Waals surface area (Å²) in [6.07, 6.45) is 1.57. The molecule has 0 atom stereocenters. The molecule has 2 aromatic carbocycles. The fraction of sp³-hybridized carbons (Fsp3) is 0.217. The van der Waals surface area contributed by atoms with E-state index in [9.17, 15) is 0 Å². The Morgan fingerprint density at radius 2 is 1.79 bits per heavy atom. The molecule has 3 heterocycles. The Labute approximate surface area is 196 Å².